The van der Waals surface area contributed by atoms with Gasteiger partial charge in [0, 0.05) is 25.4 Å². The zero-order valence-corrected chi connectivity index (χ0v) is 17.2. The number of aromatic nitrogens is 5. The van der Waals surface area contributed by atoms with Gasteiger partial charge in [-0.15, -0.1) is 5.10 Å². The number of benzene rings is 2. The summed E-state index contributed by atoms with van der Waals surface area (Å²) in [5.41, 5.74) is 4.05. The van der Waals surface area contributed by atoms with Crippen LogP contribution in [-0.4, -0.2) is 45.2 Å². The molecule has 0 unspecified atom stereocenters. The normalized spacial score (nSPS) is 10.9. The van der Waals surface area contributed by atoms with E-state index in [9.17, 15) is 4.39 Å². The first-order chi connectivity index (χ1) is 15.2. The number of hydrogen-bond acceptors (Lipinski definition) is 6. The van der Waals surface area contributed by atoms with E-state index in [1.807, 2.05) is 24.3 Å². The molecule has 2 heterocycles. The van der Waals surface area contributed by atoms with Crippen LogP contribution in [0, 0.1) is 5.82 Å². The zero-order chi connectivity index (χ0) is 21.5. The number of nitrogens with one attached hydrogen (secondary N) is 1. The van der Waals surface area contributed by atoms with Crippen molar-refractivity contribution < 1.29 is 9.13 Å². The summed E-state index contributed by atoms with van der Waals surface area (Å²) in [5.74, 6) is 0.224. The molecule has 0 saturated heterocycles. The molecular formula is C23H23FN6O. The van der Waals surface area contributed by atoms with Crippen LogP contribution in [0.4, 0.5) is 10.3 Å². The summed E-state index contributed by atoms with van der Waals surface area (Å²) in [6, 6.07) is 18.2. The molecule has 2 aromatic heterocycles. The van der Waals surface area contributed by atoms with E-state index in [-0.39, 0.29) is 5.82 Å². The van der Waals surface area contributed by atoms with Gasteiger partial charge < -0.3 is 10.1 Å². The predicted octanol–water partition coefficient (Wildman–Crippen LogP) is 3.84. The second-order valence-corrected chi connectivity index (χ2v) is 6.94. The van der Waals surface area contributed by atoms with Crippen LogP contribution >= 0.6 is 0 Å². The number of methoxy groups -OCH3 is 1. The summed E-state index contributed by atoms with van der Waals surface area (Å²) in [5, 5.41) is 11.9. The second-order valence-electron chi connectivity index (χ2n) is 6.94. The lowest BCUT2D eigenvalue weighted by Crippen LogP contribution is -2.10. The van der Waals surface area contributed by atoms with Gasteiger partial charge in [-0.25, -0.2) is 19.0 Å². The largest absolute Gasteiger partial charge is 0.383 e. The maximum atomic E-state index is 13.4. The second kappa shape index (κ2) is 9.90. The van der Waals surface area contributed by atoms with Gasteiger partial charge >= 0.3 is 0 Å². The van der Waals surface area contributed by atoms with Gasteiger partial charge in [0.1, 0.15) is 17.2 Å². The SMILES string of the molecule is COCCn1nnc(-c2ccc(F)cc2)c1-c1ccnc(NCCc2ccccc2)n1. The minimum atomic E-state index is -0.302. The molecule has 31 heavy (non-hydrogen) atoms. The summed E-state index contributed by atoms with van der Waals surface area (Å²) in [7, 11) is 1.64. The molecule has 0 atom stereocenters. The molecule has 0 spiro atoms. The summed E-state index contributed by atoms with van der Waals surface area (Å²) >= 11 is 0. The average Bonchev–Trinajstić information content (AvgIpc) is 3.23. The smallest absolute Gasteiger partial charge is 0.223 e. The van der Waals surface area contributed by atoms with Gasteiger partial charge in [-0.3, -0.25) is 0 Å². The fourth-order valence-corrected chi connectivity index (χ4v) is 3.24. The molecule has 4 aromatic rings. The van der Waals surface area contributed by atoms with Crippen LogP contribution in [0.2, 0.25) is 0 Å². The van der Waals surface area contributed by atoms with E-state index in [0.717, 1.165) is 17.7 Å². The lowest BCUT2D eigenvalue weighted by atomic mass is 10.1. The van der Waals surface area contributed by atoms with Gasteiger partial charge in [0.15, 0.2) is 0 Å². The van der Waals surface area contributed by atoms with Gasteiger partial charge in [0.25, 0.3) is 0 Å². The van der Waals surface area contributed by atoms with Crippen molar-refractivity contribution >= 4 is 5.95 Å². The molecule has 2 aromatic carbocycles. The lowest BCUT2D eigenvalue weighted by molar-refractivity contribution is 0.183. The van der Waals surface area contributed by atoms with Crippen LogP contribution in [0.5, 0.6) is 0 Å². The van der Waals surface area contributed by atoms with Crippen LogP contribution in [0.1, 0.15) is 5.56 Å². The molecule has 0 aliphatic heterocycles. The van der Waals surface area contributed by atoms with E-state index >= 15 is 0 Å². The molecule has 0 bridgehead atoms. The topological polar surface area (TPSA) is 77.8 Å². The minimum absolute atomic E-state index is 0.302. The van der Waals surface area contributed by atoms with Gasteiger partial charge in [0.05, 0.1) is 18.8 Å². The van der Waals surface area contributed by atoms with Crippen molar-refractivity contribution in [1.29, 1.82) is 0 Å². The number of ether oxygens (including phenoxy) is 1. The molecule has 0 saturated carbocycles. The van der Waals surface area contributed by atoms with Crippen LogP contribution in [0.15, 0.2) is 66.9 Å². The van der Waals surface area contributed by atoms with E-state index in [2.05, 4.69) is 37.7 Å². The molecule has 8 heteroatoms. The lowest BCUT2D eigenvalue weighted by Gasteiger charge is -2.10. The highest BCUT2D eigenvalue weighted by Crippen LogP contribution is 2.29. The first kappa shape index (κ1) is 20.6. The molecular weight excluding hydrogens is 395 g/mol. The van der Waals surface area contributed by atoms with E-state index in [1.165, 1.54) is 17.7 Å². The summed E-state index contributed by atoms with van der Waals surface area (Å²) < 4.78 is 20.4. The van der Waals surface area contributed by atoms with Crippen LogP contribution in [0.3, 0.4) is 0 Å². The van der Waals surface area contributed by atoms with Crippen molar-refractivity contribution in [1.82, 2.24) is 25.0 Å². The third-order valence-corrected chi connectivity index (χ3v) is 4.80. The Bertz CT molecular complexity index is 1110. The fraction of sp³-hybridized carbons (Fsp3) is 0.217. The minimum Gasteiger partial charge on any atom is -0.383 e. The zero-order valence-electron chi connectivity index (χ0n) is 17.2. The van der Waals surface area contributed by atoms with E-state index in [4.69, 9.17) is 4.74 Å². The van der Waals surface area contributed by atoms with Gasteiger partial charge in [-0.05, 0) is 42.3 Å². The highest BCUT2D eigenvalue weighted by atomic mass is 19.1. The number of halogens is 1. The quantitative estimate of drug-likeness (QED) is 0.445. The monoisotopic (exact) mass is 418 g/mol. The van der Waals surface area contributed by atoms with E-state index in [1.54, 1.807) is 30.1 Å². The summed E-state index contributed by atoms with van der Waals surface area (Å²) in [6.45, 7) is 1.70. The Labute approximate surface area is 179 Å². The maximum Gasteiger partial charge on any atom is 0.223 e. The predicted molar refractivity (Wildman–Crippen MR) is 117 cm³/mol. The molecule has 0 amide bonds. The van der Waals surface area contributed by atoms with Gasteiger partial charge in [-0.1, -0.05) is 35.5 Å². The number of rotatable bonds is 9. The highest BCUT2D eigenvalue weighted by Gasteiger charge is 2.18. The number of hydrogen-bond donors (Lipinski definition) is 1. The van der Waals surface area contributed by atoms with Crippen molar-refractivity contribution in [3.8, 4) is 22.6 Å². The molecule has 4 rings (SSSR count). The fourth-order valence-electron chi connectivity index (χ4n) is 3.24. The molecule has 0 aliphatic rings. The average molecular weight is 418 g/mol. The Kier molecular flexibility index (Phi) is 6.59. The van der Waals surface area contributed by atoms with Crippen LogP contribution < -0.4 is 5.32 Å². The first-order valence-corrected chi connectivity index (χ1v) is 10.0. The number of nitrogens with zero attached hydrogens (tertiary/aromatic N) is 5. The summed E-state index contributed by atoms with van der Waals surface area (Å²) in [6.07, 6.45) is 2.57. The molecule has 0 aliphatic carbocycles. The number of anilines is 1. The molecule has 0 radical (unpaired) electrons. The third kappa shape index (κ3) is 5.10. The first-order valence-electron chi connectivity index (χ1n) is 10.0. The Morgan fingerprint density at radius 3 is 2.61 bits per heavy atom. The Morgan fingerprint density at radius 1 is 1.03 bits per heavy atom. The Hall–Kier alpha value is -3.65. The van der Waals surface area contributed by atoms with Gasteiger partial charge in [0.2, 0.25) is 5.95 Å². The van der Waals surface area contributed by atoms with Crippen molar-refractivity contribution in [3.05, 3.63) is 78.2 Å². The molecule has 0 fully saturated rings. The Balaban J connectivity index is 1.60. The van der Waals surface area contributed by atoms with Gasteiger partial charge in [-0.2, -0.15) is 0 Å². The van der Waals surface area contributed by atoms with Crippen LogP contribution in [-0.2, 0) is 17.7 Å². The van der Waals surface area contributed by atoms with Crippen molar-refractivity contribution in [3.63, 3.8) is 0 Å². The van der Waals surface area contributed by atoms with E-state index in [0.29, 0.717) is 37.0 Å². The van der Waals surface area contributed by atoms with Crippen LogP contribution in [0.25, 0.3) is 22.6 Å². The maximum absolute atomic E-state index is 13.4. The third-order valence-electron chi connectivity index (χ3n) is 4.80. The molecule has 1 N–H and O–H groups in total. The molecule has 158 valence electrons. The Morgan fingerprint density at radius 2 is 1.84 bits per heavy atom. The van der Waals surface area contributed by atoms with E-state index < -0.39 is 0 Å². The standard InChI is InChI=1S/C23H23FN6O/c1-31-16-15-30-22(21(28-29-30)18-7-9-19(24)10-8-18)20-12-14-26-23(27-20)25-13-11-17-5-3-2-4-6-17/h2-10,12,14H,11,13,15-16H2,1H3,(H,25,26,27). The molecule has 7 nitrogen and oxygen atoms in total. The highest BCUT2D eigenvalue weighted by molar-refractivity contribution is 5.76. The van der Waals surface area contributed by atoms with Crippen molar-refractivity contribution in [2.24, 2.45) is 0 Å². The van der Waals surface area contributed by atoms with Crippen molar-refractivity contribution in [2.45, 2.75) is 13.0 Å². The summed E-state index contributed by atoms with van der Waals surface area (Å²) in [4.78, 5) is 9.02. The van der Waals surface area contributed by atoms with Crippen molar-refractivity contribution in [2.75, 3.05) is 25.6 Å².